The van der Waals surface area contributed by atoms with Crippen molar-refractivity contribution in [3.8, 4) is 0 Å². The number of rotatable bonds is 4. The minimum Gasteiger partial charge on any atom is -0.458 e. The molecule has 174 valence electrons. The Morgan fingerprint density at radius 2 is 1.32 bits per heavy atom. The second-order valence-corrected chi connectivity index (χ2v) is 10.8. The molecule has 0 saturated heterocycles. The van der Waals surface area contributed by atoms with E-state index in [1.54, 1.807) is 24.3 Å². The first-order valence-electron chi connectivity index (χ1n) is 11.5. The van der Waals surface area contributed by atoms with Crippen LogP contribution in [0.2, 0.25) is 0 Å². The summed E-state index contributed by atoms with van der Waals surface area (Å²) in [5.41, 5.74) is 3.39. The van der Waals surface area contributed by atoms with E-state index < -0.39 is 0 Å². The lowest BCUT2D eigenvalue weighted by Crippen LogP contribution is -2.42. The van der Waals surface area contributed by atoms with Gasteiger partial charge in [-0.05, 0) is 85.3 Å². The van der Waals surface area contributed by atoms with Gasteiger partial charge in [-0.15, -0.1) is 0 Å². The molecule has 0 radical (unpaired) electrons. The quantitative estimate of drug-likeness (QED) is 0.307. The predicted octanol–water partition coefficient (Wildman–Crippen LogP) is 7.10. The van der Waals surface area contributed by atoms with Crippen molar-refractivity contribution in [2.75, 3.05) is 0 Å². The highest BCUT2D eigenvalue weighted by Gasteiger charge is 2.46. The average molecular weight is 584 g/mol. The second kappa shape index (κ2) is 10.0. The van der Waals surface area contributed by atoms with Crippen LogP contribution >= 0.6 is 31.9 Å². The van der Waals surface area contributed by atoms with Crippen LogP contribution in [0, 0.1) is 5.92 Å². The van der Waals surface area contributed by atoms with Crippen molar-refractivity contribution in [3.63, 3.8) is 0 Å². The van der Waals surface area contributed by atoms with Gasteiger partial charge in [0.1, 0.15) is 12.2 Å². The van der Waals surface area contributed by atoms with E-state index in [2.05, 4.69) is 44.0 Å². The van der Waals surface area contributed by atoms with Crippen molar-refractivity contribution < 1.29 is 19.1 Å². The number of ether oxygens (including phenoxy) is 2. The predicted molar refractivity (Wildman–Crippen MR) is 137 cm³/mol. The molecule has 0 aromatic heterocycles. The third-order valence-electron chi connectivity index (χ3n) is 6.84. The van der Waals surface area contributed by atoms with Crippen LogP contribution in [0.15, 0.2) is 81.7 Å². The zero-order valence-electron chi connectivity index (χ0n) is 18.5. The summed E-state index contributed by atoms with van der Waals surface area (Å²) in [7, 11) is 0. The lowest BCUT2D eigenvalue weighted by molar-refractivity contribution is -0.0271. The van der Waals surface area contributed by atoms with Crippen LogP contribution < -0.4 is 0 Å². The number of carbonyl (C=O) groups excluding carboxylic acids is 2. The molecular weight excluding hydrogens is 560 g/mol. The lowest BCUT2D eigenvalue weighted by Gasteiger charge is -2.40. The van der Waals surface area contributed by atoms with Crippen molar-refractivity contribution in [3.05, 3.63) is 104 Å². The molecule has 0 heterocycles. The van der Waals surface area contributed by atoms with Gasteiger partial charge in [0.2, 0.25) is 0 Å². The Labute approximate surface area is 215 Å². The molecule has 1 fully saturated rings. The summed E-state index contributed by atoms with van der Waals surface area (Å²) in [5, 5.41) is 0. The van der Waals surface area contributed by atoms with Crippen LogP contribution in [0.4, 0.5) is 0 Å². The highest BCUT2D eigenvalue weighted by Crippen LogP contribution is 2.46. The van der Waals surface area contributed by atoms with Crippen LogP contribution in [0.1, 0.15) is 57.0 Å². The maximum Gasteiger partial charge on any atom is 0.338 e. The Bertz CT molecular complexity index is 1190. The molecule has 4 atom stereocenters. The smallest absolute Gasteiger partial charge is 0.338 e. The highest BCUT2D eigenvalue weighted by molar-refractivity contribution is 9.10. The van der Waals surface area contributed by atoms with Gasteiger partial charge in [-0.2, -0.15) is 0 Å². The van der Waals surface area contributed by atoms with Crippen molar-refractivity contribution in [2.24, 2.45) is 5.92 Å². The molecule has 0 amide bonds. The van der Waals surface area contributed by atoms with Crippen molar-refractivity contribution >= 4 is 43.8 Å². The molecule has 0 unspecified atom stereocenters. The third kappa shape index (κ3) is 4.84. The Morgan fingerprint density at radius 1 is 0.735 bits per heavy atom. The number of halogens is 2. The fourth-order valence-corrected chi connectivity index (χ4v) is 5.75. The number of carbonyl (C=O) groups is 2. The SMILES string of the molecule is O=C(O[C@H]1[C@@H]2CCC[C@H](OC(=O)c3ccc(Br)cc3)[C@H]1c1ccccc1C2)c1ccc(Br)cc1. The van der Waals surface area contributed by atoms with Gasteiger partial charge in [-0.3, -0.25) is 0 Å². The molecule has 2 aliphatic rings. The van der Waals surface area contributed by atoms with Gasteiger partial charge in [0.05, 0.1) is 17.0 Å². The van der Waals surface area contributed by atoms with Crippen molar-refractivity contribution in [1.29, 1.82) is 0 Å². The lowest BCUT2D eigenvalue weighted by atomic mass is 9.73. The molecule has 1 saturated carbocycles. The maximum absolute atomic E-state index is 13.1. The second-order valence-electron chi connectivity index (χ2n) is 8.95. The summed E-state index contributed by atoms with van der Waals surface area (Å²) in [6, 6.07) is 22.6. The summed E-state index contributed by atoms with van der Waals surface area (Å²) >= 11 is 6.82. The van der Waals surface area contributed by atoms with Gasteiger partial charge in [0, 0.05) is 14.9 Å². The summed E-state index contributed by atoms with van der Waals surface area (Å²) in [4.78, 5) is 26.2. The van der Waals surface area contributed by atoms with Crippen LogP contribution in [0.5, 0.6) is 0 Å². The standard InChI is InChI=1S/C28H24Br2O4/c29-21-12-8-17(9-13-21)27(31)33-24-7-3-5-20-16-19-4-1-2-6-23(19)25(24)26(20)34-28(32)18-10-14-22(30)15-11-18/h1-2,4,6,8-15,20,24-26H,3,5,7,16H2/t20-,24+,25-,26+/m1/s1. The number of hydrogen-bond acceptors (Lipinski definition) is 4. The first-order chi connectivity index (χ1) is 16.5. The summed E-state index contributed by atoms with van der Waals surface area (Å²) < 4.78 is 14.1. The van der Waals surface area contributed by atoms with E-state index in [1.807, 2.05) is 36.4 Å². The van der Waals surface area contributed by atoms with E-state index in [0.29, 0.717) is 11.1 Å². The van der Waals surface area contributed by atoms with E-state index in [1.165, 1.54) is 5.56 Å². The van der Waals surface area contributed by atoms with Crippen molar-refractivity contribution in [1.82, 2.24) is 0 Å². The molecule has 0 aliphatic heterocycles. The molecule has 5 rings (SSSR count). The highest BCUT2D eigenvalue weighted by atomic mass is 79.9. The molecule has 2 aliphatic carbocycles. The van der Waals surface area contributed by atoms with Gasteiger partial charge in [0.15, 0.2) is 0 Å². The van der Waals surface area contributed by atoms with Gasteiger partial charge >= 0.3 is 11.9 Å². The zero-order valence-corrected chi connectivity index (χ0v) is 21.6. The van der Waals surface area contributed by atoms with Crippen LogP contribution in [-0.2, 0) is 15.9 Å². The zero-order chi connectivity index (χ0) is 23.7. The third-order valence-corrected chi connectivity index (χ3v) is 7.90. The van der Waals surface area contributed by atoms with E-state index in [0.717, 1.165) is 40.2 Å². The van der Waals surface area contributed by atoms with E-state index >= 15 is 0 Å². The molecule has 34 heavy (non-hydrogen) atoms. The van der Waals surface area contributed by atoms with Crippen LogP contribution in [-0.4, -0.2) is 24.1 Å². The molecule has 2 bridgehead atoms. The molecule has 0 spiro atoms. The topological polar surface area (TPSA) is 52.6 Å². The van der Waals surface area contributed by atoms with Crippen LogP contribution in [0.3, 0.4) is 0 Å². The maximum atomic E-state index is 13.1. The van der Waals surface area contributed by atoms with Gasteiger partial charge in [-0.1, -0.05) is 56.1 Å². The monoisotopic (exact) mass is 582 g/mol. The molecule has 4 nitrogen and oxygen atoms in total. The number of esters is 2. The summed E-state index contributed by atoms with van der Waals surface area (Å²) in [6.45, 7) is 0. The van der Waals surface area contributed by atoms with Crippen molar-refractivity contribution in [2.45, 2.75) is 43.8 Å². The summed E-state index contributed by atoms with van der Waals surface area (Å²) in [6.07, 6.45) is 2.72. The first kappa shape index (κ1) is 23.3. The number of fused-ring (bicyclic) bond motifs is 4. The Balaban J connectivity index is 1.46. The van der Waals surface area contributed by atoms with Gasteiger partial charge in [-0.25, -0.2) is 9.59 Å². The molecule has 0 N–H and O–H groups in total. The van der Waals surface area contributed by atoms with E-state index in [9.17, 15) is 9.59 Å². The fraction of sp³-hybridized carbons (Fsp3) is 0.286. The largest absolute Gasteiger partial charge is 0.458 e. The van der Waals surface area contributed by atoms with E-state index in [-0.39, 0.29) is 36.0 Å². The Kier molecular flexibility index (Phi) is 6.89. The molecule has 6 heteroatoms. The normalized spacial score (nSPS) is 23.4. The molecule has 3 aromatic rings. The van der Waals surface area contributed by atoms with Gasteiger partial charge < -0.3 is 9.47 Å². The minimum atomic E-state index is -0.370. The number of hydrogen-bond donors (Lipinski definition) is 0. The summed E-state index contributed by atoms with van der Waals surface area (Å²) in [5.74, 6) is -0.698. The van der Waals surface area contributed by atoms with Gasteiger partial charge in [0.25, 0.3) is 0 Å². The molecular formula is C28H24Br2O4. The number of benzene rings is 3. The Morgan fingerprint density at radius 3 is 1.97 bits per heavy atom. The van der Waals surface area contributed by atoms with E-state index in [4.69, 9.17) is 9.47 Å². The fourth-order valence-electron chi connectivity index (χ4n) is 5.22. The van der Waals surface area contributed by atoms with Crippen LogP contribution in [0.25, 0.3) is 0 Å². The Hall–Kier alpha value is -2.44. The first-order valence-corrected chi connectivity index (χ1v) is 13.1. The molecule has 3 aromatic carbocycles. The minimum absolute atomic E-state index is 0.190. The average Bonchev–Trinajstić information content (AvgIpc) is 2.94.